The van der Waals surface area contributed by atoms with E-state index >= 15 is 0 Å². The molecule has 4 heteroatoms. The van der Waals surface area contributed by atoms with Gasteiger partial charge in [0.05, 0.1) is 12.5 Å². The lowest BCUT2D eigenvalue weighted by atomic mass is 10.1. The van der Waals surface area contributed by atoms with E-state index in [0.29, 0.717) is 12.1 Å². The molecule has 0 saturated carbocycles. The Morgan fingerprint density at radius 1 is 1.32 bits per heavy atom. The molecule has 0 fully saturated rings. The molecule has 2 aromatic rings. The van der Waals surface area contributed by atoms with Crippen molar-refractivity contribution in [2.45, 2.75) is 19.4 Å². The molecule has 0 aliphatic heterocycles. The zero-order chi connectivity index (χ0) is 13.7. The minimum Gasteiger partial charge on any atom is -0.399 e. The van der Waals surface area contributed by atoms with Gasteiger partial charge in [0, 0.05) is 18.1 Å². The van der Waals surface area contributed by atoms with Gasteiger partial charge in [-0.3, -0.25) is 9.78 Å². The van der Waals surface area contributed by atoms with E-state index in [-0.39, 0.29) is 11.9 Å². The summed E-state index contributed by atoms with van der Waals surface area (Å²) in [7, 11) is 0. The van der Waals surface area contributed by atoms with E-state index in [2.05, 4.69) is 10.3 Å². The van der Waals surface area contributed by atoms with Gasteiger partial charge in [0.2, 0.25) is 5.91 Å². The Hall–Kier alpha value is -2.36. The molecule has 1 aromatic carbocycles. The van der Waals surface area contributed by atoms with Crippen molar-refractivity contribution >= 4 is 11.6 Å². The summed E-state index contributed by atoms with van der Waals surface area (Å²) in [5.41, 5.74) is 8.32. The van der Waals surface area contributed by atoms with Crippen molar-refractivity contribution in [2.24, 2.45) is 0 Å². The van der Waals surface area contributed by atoms with Crippen LogP contribution < -0.4 is 11.1 Å². The number of nitrogens with zero attached hydrogens (tertiary/aromatic N) is 1. The van der Waals surface area contributed by atoms with Gasteiger partial charge in [0.1, 0.15) is 0 Å². The Morgan fingerprint density at radius 3 is 2.74 bits per heavy atom. The molecule has 0 bridgehead atoms. The topological polar surface area (TPSA) is 68.0 Å². The minimum atomic E-state index is -0.0310. The summed E-state index contributed by atoms with van der Waals surface area (Å²) in [6.45, 7) is 1.95. The number of rotatable bonds is 4. The summed E-state index contributed by atoms with van der Waals surface area (Å²) in [4.78, 5) is 15.9. The number of hydrogen-bond donors (Lipinski definition) is 2. The first-order valence-electron chi connectivity index (χ1n) is 6.19. The average Bonchev–Trinajstić information content (AvgIpc) is 2.39. The molecule has 0 aliphatic carbocycles. The number of aromatic nitrogens is 1. The van der Waals surface area contributed by atoms with Gasteiger partial charge in [-0.15, -0.1) is 0 Å². The molecule has 3 N–H and O–H groups in total. The maximum absolute atomic E-state index is 11.9. The first kappa shape index (κ1) is 13.1. The molecule has 1 aromatic heterocycles. The van der Waals surface area contributed by atoms with Gasteiger partial charge in [-0.25, -0.2) is 0 Å². The molecule has 1 atom stereocenters. The smallest absolute Gasteiger partial charge is 0.224 e. The van der Waals surface area contributed by atoms with Gasteiger partial charge in [-0.1, -0.05) is 12.1 Å². The normalized spacial score (nSPS) is 11.8. The van der Waals surface area contributed by atoms with E-state index in [1.54, 1.807) is 18.5 Å². The van der Waals surface area contributed by atoms with Crippen LogP contribution >= 0.6 is 0 Å². The predicted octanol–water partition coefficient (Wildman–Crippen LogP) is 2.08. The van der Waals surface area contributed by atoms with E-state index in [0.717, 1.165) is 11.1 Å². The fourth-order valence-electron chi connectivity index (χ4n) is 1.92. The molecule has 4 nitrogen and oxygen atoms in total. The van der Waals surface area contributed by atoms with E-state index in [1.807, 2.05) is 37.3 Å². The third kappa shape index (κ3) is 3.81. The molecule has 0 spiro atoms. The van der Waals surface area contributed by atoms with Crippen molar-refractivity contribution in [2.75, 3.05) is 5.73 Å². The van der Waals surface area contributed by atoms with Crippen molar-refractivity contribution < 1.29 is 4.79 Å². The molecular formula is C15H17N3O. The molecule has 0 radical (unpaired) electrons. The highest BCUT2D eigenvalue weighted by Gasteiger charge is 2.09. The molecule has 1 amide bonds. The molecule has 1 heterocycles. The summed E-state index contributed by atoms with van der Waals surface area (Å²) >= 11 is 0. The summed E-state index contributed by atoms with van der Waals surface area (Å²) in [5.74, 6) is -0.0186. The lowest BCUT2D eigenvalue weighted by Gasteiger charge is -2.14. The number of hydrogen-bond acceptors (Lipinski definition) is 3. The van der Waals surface area contributed by atoms with Crippen LogP contribution in [0.5, 0.6) is 0 Å². The summed E-state index contributed by atoms with van der Waals surface area (Å²) in [6, 6.07) is 11.1. The second-order valence-corrected chi connectivity index (χ2v) is 4.49. The molecule has 19 heavy (non-hydrogen) atoms. The van der Waals surface area contributed by atoms with Crippen LogP contribution in [0.1, 0.15) is 24.1 Å². The number of carbonyl (C=O) groups is 1. The van der Waals surface area contributed by atoms with Crippen LogP contribution in [0, 0.1) is 0 Å². The Kier molecular flexibility index (Phi) is 4.13. The number of benzene rings is 1. The maximum atomic E-state index is 11.9. The number of nitrogens with two attached hydrogens (primary N) is 1. The zero-order valence-corrected chi connectivity index (χ0v) is 10.8. The quantitative estimate of drug-likeness (QED) is 0.822. The average molecular weight is 255 g/mol. The van der Waals surface area contributed by atoms with Crippen molar-refractivity contribution in [3.8, 4) is 0 Å². The molecule has 1 unspecified atom stereocenters. The van der Waals surface area contributed by atoms with Crippen molar-refractivity contribution in [3.05, 3.63) is 59.9 Å². The SMILES string of the molecule is CC(NC(=O)Cc1cccc(N)c1)c1ccncc1. The second-order valence-electron chi connectivity index (χ2n) is 4.49. The van der Waals surface area contributed by atoms with Crippen LogP contribution in [0.2, 0.25) is 0 Å². The van der Waals surface area contributed by atoms with Crippen molar-refractivity contribution in [3.63, 3.8) is 0 Å². The monoisotopic (exact) mass is 255 g/mol. The first-order valence-corrected chi connectivity index (χ1v) is 6.19. The van der Waals surface area contributed by atoms with Gasteiger partial charge in [-0.2, -0.15) is 0 Å². The fraction of sp³-hybridized carbons (Fsp3) is 0.200. The van der Waals surface area contributed by atoms with Gasteiger partial charge < -0.3 is 11.1 Å². The number of anilines is 1. The van der Waals surface area contributed by atoms with E-state index in [9.17, 15) is 4.79 Å². The lowest BCUT2D eigenvalue weighted by Crippen LogP contribution is -2.28. The van der Waals surface area contributed by atoms with Crippen LogP contribution in [0.4, 0.5) is 5.69 Å². The summed E-state index contributed by atoms with van der Waals surface area (Å²) < 4.78 is 0. The van der Waals surface area contributed by atoms with E-state index in [1.165, 1.54) is 0 Å². The summed E-state index contributed by atoms with van der Waals surface area (Å²) in [5, 5.41) is 2.96. The molecule has 98 valence electrons. The van der Waals surface area contributed by atoms with Crippen molar-refractivity contribution in [1.82, 2.24) is 10.3 Å². The molecule has 0 saturated heterocycles. The van der Waals surface area contributed by atoms with Crippen molar-refractivity contribution in [1.29, 1.82) is 0 Å². The Balaban J connectivity index is 1.95. The highest BCUT2D eigenvalue weighted by atomic mass is 16.1. The number of nitrogens with one attached hydrogen (secondary N) is 1. The highest BCUT2D eigenvalue weighted by Crippen LogP contribution is 2.11. The number of amides is 1. The largest absolute Gasteiger partial charge is 0.399 e. The van der Waals surface area contributed by atoms with Gasteiger partial charge in [-0.05, 0) is 42.3 Å². The van der Waals surface area contributed by atoms with Crippen LogP contribution in [0.25, 0.3) is 0 Å². The van der Waals surface area contributed by atoms with E-state index < -0.39 is 0 Å². The standard InChI is InChI=1S/C15H17N3O/c1-11(13-5-7-17-8-6-13)18-15(19)10-12-3-2-4-14(16)9-12/h2-9,11H,10,16H2,1H3,(H,18,19). The van der Waals surface area contributed by atoms with Crippen LogP contribution in [0.15, 0.2) is 48.8 Å². The predicted molar refractivity (Wildman–Crippen MR) is 75.4 cm³/mol. The van der Waals surface area contributed by atoms with E-state index in [4.69, 9.17) is 5.73 Å². The van der Waals surface area contributed by atoms with Gasteiger partial charge in [0.15, 0.2) is 0 Å². The second kappa shape index (κ2) is 6.00. The maximum Gasteiger partial charge on any atom is 0.224 e. The minimum absolute atomic E-state index is 0.0186. The molecule has 0 aliphatic rings. The third-order valence-corrected chi connectivity index (χ3v) is 2.90. The molecule has 2 rings (SSSR count). The number of pyridine rings is 1. The highest BCUT2D eigenvalue weighted by molar-refractivity contribution is 5.79. The first-order chi connectivity index (χ1) is 9.15. The third-order valence-electron chi connectivity index (χ3n) is 2.90. The Bertz CT molecular complexity index is 554. The van der Waals surface area contributed by atoms with Gasteiger partial charge >= 0.3 is 0 Å². The number of carbonyl (C=O) groups excluding carboxylic acids is 1. The Labute approximate surface area is 112 Å². The fourth-order valence-corrected chi connectivity index (χ4v) is 1.92. The molecular weight excluding hydrogens is 238 g/mol. The van der Waals surface area contributed by atoms with Gasteiger partial charge in [0.25, 0.3) is 0 Å². The van der Waals surface area contributed by atoms with Crippen LogP contribution in [-0.4, -0.2) is 10.9 Å². The lowest BCUT2D eigenvalue weighted by molar-refractivity contribution is -0.121. The van der Waals surface area contributed by atoms with Crippen LogP contribution in [0.3, 0.4) is 0 Å². The Morgan fingerprint density at radius 2 is 2.05 bits per heavy atom. The number of nitrogen functional groups attached to an aromatic ring is 1. The zero-order valence-electron chi connectivity index (χ0n) is 10.8. The summed E-state index contributed by atoms with van der Waals surface area (Å²) in [6.07, 6.45) is 3.77. The van der Waals surface area contributed by atoms with Crippen LogP contribution in [-0.2, 0) is 11.2 Å².